The molecular weight excluding hydrogens is 362 g/mol. The lowest BCUT2D eigenvalue weighted by Crippen LogP contribution is -2.20. The second kappa shape index (κ2) is 13.0. The van der Waals surface area contributed by atoms with Gasteiger partial charge in [0, 0.05) is 6.54 Å². The van der Waals surface area contributed by atoms with Crippen LogP contribution in [-0.4, -0.2) is 32.1 Å². The number of ether oxygens (including phenoxy) is 1. The van der Waals surface area contributed by atoms with Crippen LogP contribution in [0.5, 0.6) is 5.75 Å². The van der Waals surface area contributed by atoms with Crippen molar-refractivity contribution in [2.45, 2.75) is 19.6 Å². The van der Waals surface area contributed by atoms with E-state index in [0.717, 1.165) is 37.4 Å². The number of hydrogen-bond acceptors (Lipinski definition) is 3. The predicted molar refractivity (Wildman–Crippen MR) is 107 cm³/mol. The molecule has 0 unspecified atom stereocenters. The summed E-state index contributed by atoms with van der Waals surface area (Å²) in [6.07, 6.45) is 1.13. The van der Waals surface area contributed by atoms with E-state index in [4.69, 9.17) is 4.74 Å². The van der Waals surface area contributed by atoms with E-state index in [-0.39, 0.29) is 30.6 Å². The van der Waals surface area contributed by atoms with E-state index in [1.54, 1.807) is 12.1 Å². The van der Waals surface area contributed by atoms with Crippen molar-refractivity contribution in [2.24, 2.45) is 0 Å². The van der Waals surface area contributed by atoms with Gasteiger partial charge >= 0.3 is 0 Å². The lowest BCUT2D eigenvalue weighted by Gasteiger charge is -2.11. The van der Waals surface area contributed by atoms with Crippen LogP contribution < -0.4 is 10.1 Å². The molecule has 6 heteroatoms. The normalized spacial score (nSPS) is 10.1. The molecule has 2 aromatic carbocycles. The molecule has 0 spiro atoms. The summed E-state index contributed by atoms with van der Waals surface area (Å²) in [5, 5.41) is 3.44. The van der Waals surface area contributed by atoms with Gasteiger partial charge in [-0.05, 0) is 69.0 Å². The molecule has 0 saturated carbocycles. The first-order chi connectivity index (χ1) is 11.1. The van der Waals surface area contributed by atoms with E-state index in [9.17, 15) is 4.39 Å². The quantitative estimate of drug-likeness (QED) is 0.648. The average Bonchev–Trinajstić information content (AvgIpc) is 2.54. The maximum absolute atomic E-state index is 12.9. The smallest absolute Gasteiger partial charge is 0.123 e. The number of nitrogens with one attached hydrogen (secondary N) is 1. The zero-order valence-corrected chi connectivity index (χ0v) is 16.3. The van der Waals surface area contributed by atoms with E-state index >= 15 is 0 Å². The zero-order valence-electron chi connectivity index (χ0n) is 14.7. The SMILES string of the molecule is CN(C)CCCNCc1cccc(OCc2ccc(F)cc2)c1.Cl.Cl. The maximum Gasteiger partial charge on any atom is 0.123 e. The lowest BCUT2D eigenvalue weighted by atomic mass is 10.2. The van der Waals surface area contributed by atoms with Gasteiger partial charge in [-0.1, -0.05) is 24.3 Å². The molecule has 0 fully saturated rings. The van der Waals surface area contributed by atoms with Crippen molar-refractivity contribution >= 4 is 24.8 Å². The number of halogens is 3. The van der Waals surface area contributed by atoms with Crippen molar-refractivity contribution in [2.75, 3.05) is 27.2 Å². The molecule has 140 valence electrons. The predicted octanol–water partition coefficient (Wildman–Crippen LogP) is 4.29. The Morgan fingerprint density at radius 2 is 1.72 bits per heavy atom. The van der Waals surface area contributed by atoms with Crippen LogP contribution in [0.4, 0.5) is 4.39 Å². The molecule has 0 aliphatic rings. The number of hydrogen-bond donors (Lipinski definition) is 1. The third-order valence-electron chi connectivity index (χ3n) is 3.51. The third-order valence-corrected chi connectivity index (χ3v) is 3.51. The maximum atomic E-state index is 12.9. The van der Waals surface area contributed by atoms with Crippen LogP contribution in [0.3, 0.4) is 0 Å². The van der Waals surface area contributed by atoms with Gasteiger partial charge < -0.3 is 15.0 Å². The molecule has 2 rings (SSSR count). The molecule has 25 heavy (non-hydrogen) atoms. The van der Waals surface area contributed by atoms with Crippen LogP contribution in [-0.2, 0) is 13.2 Å². The van der Waals surface area contributed by atoms with E-state index in [2.05, 4.69) is 30.4 Å². The molecule has 1 N–H and O–H groups in total. The van der Waals surface area contributed by atoms with E-state index in [1.165, 1.54) is 17.7 Å². The fourth-order valence-corrected chi connectivity index (χ4v) is 2.25. The van der Waals surface area contributed by atoms with Gasteiger partial charge in [0.2, 0.25) is 0 Å². The topological polar surface area (TPSA) is 24.5 Å². The Hall–Kier alpha value is -1.33. The van der Waals surface area contributed by atoms with Crippen molar-refractivity contribution < 1.29 is 9.13 Å². The van der Waals surface area contributed by atoms with Gasteiger partial charge in [-0.15, -0.1) is 24.8 Å². The lowest BCUT2D eigenvalue weighted by molar-refractivity contribution is 0.305. The highest BCUT2D eigenvalue weighted by atomic mass is 35.5. The third kappa shape index (κ3) is 9.66. The molecule has 2 aromatic rings. The minimum absolute atomic E-state index is 0. The van der Waals surface area contributed by atoms with Gasteiger partial charge in [-0.3, -0.25) is 0 Å². The molecule has 0 radical (unpaired) electrons. The van der Waals surface area contributed by atoms with Gasteiger partial charge in [0.1, 0.15) is 18.2 Å². The van der Waals surface area contributed by atoms with E-state index < -0.39 is 0 Å². The number of nitrogens with zero attached hydrogens (tertiary/aromatic N) is 1. The molecule has 3 nitrogen and oxygen atoms in total. The highest BCUT2D eigenvalue weighted by Gasteiger charge is 1.99. The number of rotatable bonds is 9. The molecule has 0 aromatic heterocycles. The van der Waals surface area contributed by atoms with Crippen LogP contribution in [0.25, 0.3) is 0 Å². The largest absolute Gasteiger partial charge is 0.489 e. The summed E-state index contributed by atoms with van der Waals surface area (Å²) < 4.78 is 18.6. The van der Waals surface area contributed by atoms with Crippen LogP contribution in [0.1, 0.15) is 17.5 Å². The van der Waals surface area contributed by atoms with Gasteiger partial charge in [-0.2, -0.15) is 0 Å². The Morgan fingerprint density at radius 1 is 1.00 bits per heavy atom. The van der Waals surface area contributed by atoms with Crippen molar-refractivity contribution in [3.8, 4) is 5.75 Å². The van der Waals surface area contributed by atoms with Crippen molar-refractivity contribution in [3.63, 3.8) is 0 Å². The Bertz CT molecular complexity index is 594. The molecule has 0 atom stereocenters. The fourth-order valence-electron chi connectivity index (χ4n) is 2.25. The molecule has 0 aliphatic carbocycles. The Labute approximate surface area is 162 Å². The standard InChI is InChI=1S/C19H25FN2O.2ClH/c1-22(2)12-4-11-21-14-17-5-3-6-19(13-17)23-15-16-7-9-18(20)10-8-16;;/h3,5-10,13,21H,4,11-12,14-15H2,1-2H3;2*1H. The number of benzene rings is 2. The zero-order chi connectivity index (χ0) is 16.5. The summed E-state index contributed by atoms with van der Waals surface area (Å²) in [5.41, 5.74) is 2.16. The molecule has 0 bridgehead atoms. The summed E-state index contributed by atoms with van der Waals surface area (Å²) in [6, 6.07) is 14.5. The van der Waals surface area contributed by atoms with Crippen molar-refractivity contribution in [3.05, 3.63) is 65.5 Å². The van der Waals surface area contributed by atoms with Crippen molar-refractivity contribution in [1.29, 1.82) is 0 Å². The van der Waals surface area contributed by atoms with Crippen molar-refractivity contribution in [1.82, 2.24) is 10.2 Å². The summed E-state index contributed by atoms with van der Waals surface area (Å²) >= 11 is 0. The Balaban J connectivity index is 0.00000288. The van der Waals surface area contributed by atoms with Gasteiger partial charge in [0.25, 0.3) is 0 Å². The van der Waals surface area contributed by atoms with Crippen LogP contribution in [0.15, 0.2) is 48.5 Å². The minimum atomic E-state index is -0.226. The van der Waals surface area contributed by atoms with Gasteiger partial charge in [-0.25, -0.2) is 4.39 Å². The second-order valence-electron chi connectivity index (χ2n) is 5.90. The Morgan fingerprint density at radius 3 is 2.40 bits per heavy atom. The summed E-state index contributed by atoms with van der Waals surface area (Å²) in [5.74, 6) is 0.609. The first-order valence-corrected chi connectivity index (χ1v) is 7.95. The molecule has 0 heterocycles. The molecule has 0 aliphatic heterocycles. The molecule has 0 saturated heterocycles. The highest BCUT2D eigenvalue weighted by molar-refractivity contribution is 5.85. The first kappa shape index (κ1) is 23.7. The second-order valence-corrected chi connectivity index (χ2v) is 5.90. The fraction of sp³-hybridized carbons (Fsp3) is 0.368. The van der Waals surface area contributed by atoms with Gasteiger partial charge in [0.15, 0.2) is 0 Å². The summed E-state index contributed by atoms with van der Waals surface area (Å²) in [4.78, 5) is 2.19. The van der Waals surface area contributed by atoms with Gasteiger partial charge in [0.05, 0.1) is 0 Å². The monoisotopic (exact) mass is 388 g/mol. The summed E-state index contributed by atoms with van der Waals surface area (Å²) in [7, 11) is 4.17. The highest BCUT2D eigenvalue weighted by Crippen LogP contribution is 2.15. The van der Waals surface area contributed by atoms with Crippen LogP contribution in [0, 0.1) is 5.82 Å². The van der Waals surface area contributed by atoms with Crippen LogP contribution in [0.2, 0.25) is 0 Å². The van der Waals surface area contributed by atoms with Crippen LogP contribution >= 0.6 is 24.8 Å². The Kier molecular flexibility index (Phi) is 12.3. The molecular formula is C19H27Cl2FN2O. The average molecular weight is 389 g/mol. The minimum Gasteiger partial charge on any atom is -0.489 e. The first-order valence-electron chi connectivity index (χ1n) is 7.95. The van der Waals surface area contributed by atoms with E-state index in [0.29, 0.717) is 6.61 Å². The summed E-state index contributed by atoms with van der Waals surface area (Å²) in [6.45, 7) is 3.37. The van der Waals surface area contributed by atoms with E-state index in [1.807, 2.05) is 18.2 Å². The molecule has 0 amide bonds.